The van der Waals surface area contributed by atoms with E-state index in [1.54, 1.807) is 0 Å². The lowest BCUT2D eigenvalue weighted by molar-refractivity contribution is 0.752. The Balaban J connectivity index is 1.58. The summed E-state index contributed by atoms with van der Waals surface area (Å²) >= 11 is 0. The average molecular weight is 334 g/mol. The molecule has 6 nitrogen and oxygen atoms in total. The van der Waals surface area contributed by atoms with Gasteiger partial charge in [0.2, 0.25) is 5.95 Å². The Labute approximate surface area is 146 Å². The van der Waals surface area contributed by atoms with Crippen LogP contribution in [0.5, 0.6) is 0 Å². The molecule has 0 aliphatic rings. The maximum absolute atomic E-state index is 4.69. The first-order valence-electron chi connectivity index (χ1n) is 8.62. The lowest BCUT2D eigenvalue weighted by Crippen LogP contribution is -2.04. The van der Waals surface area contributed by atoms with E-state index >= 15 is 0 Å². The summed E-state index contributed by atoms with van der Waals surface area (Å²) in [7, 11) is 4.00. The molecule has 3 aromatic heterocycles. The van der Waals surface area contributed by atoms with Crippen molar-refractivity contribution in [3.63, 3.8) is 0 Å². The van der Waals surface area contributed by atoms with Gasteiger partial charge in [0, 0.05) is 32.4 Å². The maximum atomic E-state index is 4.69. The van der Waals surface area contributed by atoms with Crippen molar-refractivity contribution in [2.75, 3.05) is 5.32 Å². The lowest BCUT2D eigenvalue weighted by Gasteiger charge is -2.06. The van der Waals surface area contributed by atoms with E-state index in [1.165, 1.54) is 16.5 Å². The topological polar surface area (TPSA) is 60.6 Å². The molecule has 128 valence electrons. The second-order valence-corrected chi connectivity index (χ2v) is 6.42. The molecule has 0 spiro atoms. The third-order valence-electron chi connectivity index (χ3n) is 4.55. The minimum absolute atomic E-state index is 0.644. The van der Waals surface area contributed by atoms with Gasteiger partial charge in [-0.2, -0.15) is 5.10 Å². The molecule has 0 atom stereocenters. The summed E-state index contributed by atoms with van der Waals surface area (Å²) in [5.41, 5.74) is 5.40. The van der Waals surface area contributed by atoms with Crippen LogP contribution in [0.15, 0.2) is 36.7 Å². The van der Waals surface area contributed by atoms with Crippen LogP contribution in [0.2, 0.25) is 0 Å². The minimum atomic E-state index is 0.644. The second-order valence-electron chi connectivity index (χ2n) is 6.42. The largest absolute Gasteiger partial charge is 0.351 e. The zero-order chi connectivity index (χ0) is 17.4. The van der Waals surface area contributed by atoms with Gasteiger partial charge in [0.25, 0.3) is 0 Å². The molecule has 4 aromatic rings. The Morgan fingerprint density at radius 2 is 2.00 bits per heavy atom. The van der Waals surface area contributed by atoms with Crippen LogP contribution >= 0.6 is 0 Å². The predicted molar refractivity (Wildman–Crippen MR) is 101 cm³/mol. The van der Waals surface area contributed by atoms with Crippen molar-refractivity contribution in [2.24, 2.45) is 14.1 Å². The zero-order valence-electron chi connectivity index (χ0n) is 14.8. The number of nitrogens with one attached hydrogen (secondary N) is 1. The first-order chi connectivity index (χ1) is 12.2. The molecule has 0 saturated heterocycles. The summed E-state index contributed by atoms with van der Waals surface area (Å²) in [5, 5.41) is 9.14. The number of fused-ring (bicyclic) bond motifs is 2. The molecule has 1 N–H and O–H groups in total. The molecule has 0 radical (unpaired) electrons. The van der Waals surface area contributed by atoms with Crippen LogP contribution in [-0.2, 0) is 27.1 Å². The van der Waals surface area contributed by atoms with Crippen molar-refractivity contribution in [1.29, 1.82) is 0 Å². The highest BCUT2D eigenvalue weighted by Crippen LogP contribution is 2.19. The zero-order valence-corrected chi connectivity index (χ0v) is 14.8. The van der Waals surface area contributed by atoms with Crippen molar-refractivity contribution in [3.8, 4) is 0 Å². The van der Waals surface area contributed by atoms with Gasteiger partial charge in [-0.25, -0.2) is 9.97 Å². The third kappa shape index (κ3) is 2.84. The minimum Gasteiger partial charge on any atom is -0.351 e. The average Bonchev–Trinajstić information content (AvgIpc) is 3.14. The number of nitrogens with zero attached hydrogens (tertiary/aromatic N) is 5. The van der Waals surface area contributed by atoms with Crippen LogP contribution in [0.4, 0.5) is 5.95 Å². The highest BCUT2D eigenvalue weighted by molar-refractivity contribution is 5.81. The quantitative estimate of drug-likeness (QED) is 0.607. The Bertz CT molecular complexity index is 1040. The summed E-state index contributed by atoms with van der Waals surface area (Å²) in [5.74, 6) is 0.644. The smallest absolute Gasteiger partial charge is 0.223 e. The van der Waals surface area contributed by atoms with E-state index in [1.807, 2.05) is 17.9 Å². The van der Waals surface area contributed by atoms with Crippen molar-refractivity contribution >= 4 is 27.9 Å². The van der Waals surface area contributed by atoms with Crippen LogP contribution in [0.25, 0.3) is 21.9 Å². The van der Waals surface area contributed by atoms with E-state index in [0.29, 0.717) is 12.5 Å². The normalized spacial score (nSPS) is 11.5. The second kappa shape index (κ2) is 6.20. The summed E-state index contributed by atoms with van der Waals surface area (Å²) < 4.78 is 3.98. The summed E-state index contributed by atoms with van der Waals surface area (Å²) in [6.45, 7) is 2.85. The summed E-state index contributed by atoms with van der Waals surface area (Å²) in [6, 6.07) is 8.62. The lowest BCUT2D eigenvalue weighted by atomic mass is 10.1. The fourth-order valence-electron chi connectivity index (χ4n) is 3.22. The van der Waals surface area contributed by atoms with Crippen LogP contribution in [-0.4, -0.2) is 24.3 Å². The van der Waals surface area contributed by atoms with E-state index in [0.717, 1.165) is 29.6 Å². The number of rotatable bonds is 5. The molecular weight excluding hydrogens is 312 g/mol. The molecular formula is C19H22N6. The standard InChI is InChI=1S/C19H22N6/c1-4-5-15-18-17(25(3)23-15)12-21-19(22-18)20-11-13-6-7-16-14(10-13)8-9-24(16)2/h6-10,12H,4-5,11H2,1-3H3,(H,20,21,22). The van der Waals surface area contributed by atoms with Crippen LogP contribution in [0.1, 0.15) is 24.6 Å². The highest BCUT2D eigenvalue weighted by Gasteiger charge is 2.11. The fraction of sp³-hybridized carbons (Fsp3) is 0.316. The molecule has 0 amide bonds. The van der Waals surface area contributed by atoms with E-state index in [-0.39, 0.29) is 0 Å². The molecule has 0 aliphatic heterocycles. The van der Waals surface area contributed by atoms with Crippen molar-refractivity contribution in [3.05, 3.63) is 47.9 Å². The van der Waals surface area contributed by atoms with Gasteiger partial charge >= 0.3 is 0 Å². The van der Waals surface area contributed by atoms with Crippen LogP contribution in [0, 0.1) is 0 Å². The van der Waals surface area contributed by atoms with Gasteiger partial charge in [0.15, 0.2) is 0 Å². The first kappa shape index (κ1) is 15.6. The van der Waals surface area contributed by atoms with Gasteiger partial charge < -0.3 is 9.88 Å². The van der Waals surface area contributed by atoms with E-state index in [2.05, 4.69) is 69.4 Å². The molecule has 0 saturated carbocycles. The van der Waals surface area contributed by atoms with Gasteiger partial charge in [-0.1, -0.05) is 19.4 Å². The van der Waals surface area contributed by atoms with Crippen LogP contribution < -0.4 is 5.32 Å². The predicted octanol–water partition coefficient (Wildman–Crippen LogP) is 3.42. The van der Waals surface area contributed by atoms with E-state index in [9.17, 15) is 0 Å². The highest BCUT2D eigenvalue weighted by atomic mass is 15.3. The molecule has 0 fully saturated rings. The molecule has 4 rings (SSSR count). The molecule has 0 unspecified atom stereocenters. The Morgan fingerprint density at radius 3 is 2.84 bits per heavy atom. The van der Waals surface area contributed by atoms with Gasteiger partial charge in [-0.05, 0) is 35.6 Å². The van der Waals surface area contributed by atoms with E-state index in [4.69, 9.17) is 0 Å². The SMILES string of the molecule is CCCc1nn(C)c2cnc(NCc3ccc4c(ccn4C)c3)nc12. The number of anilines is 1. The molecule has 0 aliphatic carbocycles. The Kier molecular flexibility index (Phi) is 3.87. The maximum Gasteiger partial charge on any atom is 0.223 e. The van der Waals surface area contributed by atoms with Gasteiger partial charge in [-0.15, -0.1) is 0 Å². The Hall–Kier alpha value is -2.89. The van der Waals surface area contributed by atoms with Crippen LogP contribution in [0.3, 0.4) is 0 Å². The number of hydrogen-bond donors (Lipinski definition) is 1. The van der Waals surface area contributed by atoms with Crippen molar-refractivity contribution < 1.29 is 0 Å². The molecule has 0 bridgehead atoms. The number of aryl methyl sites for hydroxylation is 3. The number of benzene rings is 1. The fourth-order valence-corrected chi connectivity index (χ4v) is 3.22. The van der Waals surface area contributed by atoms with Gasteiger partial charge in [-0.3, -0.25) is 4.68 Å². The Morgan fingerprint density at radius 1 is 1.12 bits per heavy atom. The van der Waals surface area contributed by atoms with E-state index < -0.39 is 0 Å². The molecule has 25 heavy (non-hydrogen) atoms. The molecule has 6 heteroatoms. The van der Waals surface area contributed by atoms with Gasteiger partial charge in [0.1, 0.15) is 11.0 Å². The number of hydrogen-bond acceptors (Lipinski definition) is 4. The molecule has 3 heterocycles. The summed E-state index contributed by atoms with van der Waals surface area (Å²) in [6.07, 6.45) is 5.90. The monoisotopic (exact) mass is 334 g/mol. The van der Waals surface area contributed by atoms with Crippen molar-refractivity contribution in [1.82, 2.24) is 24.3 Å². The summed E-state index contributed by atoms with van der Waals surface area (Å²) in [4.78, 5) is 9.12. The number of aromatic nitrogens is 5. The van der Waals surface area contributed by atoms with Gasteiger partial charge in [0.05, 0.1) is 11.9 Å². The first-order valence-corrected chi connectivity index (χ1v) is 8.62. The third-order valence-corrected chi connectivity index (χ3v) is 4.55. The molecule has 1 aromatic carbocycles. The van der Waals surface area contributed by atoms with Crippen molar-refractivity contribution in [2.45, 2.75) is 26.3 Å².